The standard InChI is InChI=1S/C25H20O3/c1-17(18-10-4-2-5-11-18)25-16-22(19-12-6-3-7-13-19)27-23(25)20-14-8-9-15-21(20)24(26)28-25/h2-15,22-23H,1,16H2. The second-order valence-electron chi connectivity index (χ2n) is 7.33. The van der Waals surface area contributed by atoms with Gasteiger partial charge in [0.15, 0.2) is 5.60 Å². The number of ether oxygens (including phenoxy) is 2. The molecule has 0 aromatic heterocycles. The first-order chi connectivity index (χ1) is 13.7. The monoisotopic (exact) mass is 368 g/mol. The Kier molecular flexibility index (Phi) is 3.92. The van der Waals surface area contributed by atoms with Gasteiger partial charge in [0, 0.05) is 6.42 Å². The van der Waals surface area contributed by atoms with E-state index >= 15 is 0 Å². The minimum absolute atomic E-state index is 0.175. The topological polar surface area (TPSA) is 35.5 Å². The van der Waals surface area contributed by atoms with Crippen molar-refractivity contribution in [2.24, 2.45) is 0 Å². The zero-order valence-electron chi connectivity index (χ0n) is 15.4. The van der Waals surface area contributed by atoms with Crippen LogP contribution in [0.15, 0.2) is 91.5 Å². The van der Waals surface area contributed by atoms with Crippen molar-refractivity contribution in [2.75, 3.05) is 0 Å². The SMILES string of the molecule is C=C(c1ccccc1)C12CC(c3ccccc3)OC1c1ccccc1C(=O)O2. The molecule has 3 aromatic carbocycles. The van der Waals surface area contributed by atoms with Crippen LogP contribution in [0, 0.1) is 0 Å². The molecule has 1 fully saturated rings. The lowest BCUT2D eigenvalue weighted by atomic mass is 9.77. The minimum atomic E-state index is -0.923. The summed E-state index contributed by atoms with van der Waals surface area (Å²) in [7, 11) is 0. The first kappa shape index (κ1) is 17.0. The van der Waals surface area contributed by atoms with E-state index in [2.05, 4.69) is 18.7 Å². The van der Waals surface area contributed by atoms with Crippen LogP contribution in [0.5, 0.6) is 0 Å². The molecular formula is C25H20O3. The third-order valence-electron chi connectivity index (χ3n) is 5.75. The molecule has 3 heteroatoms. The van der Waals surface area contributed by atoms with Gasteiger partial charge in [-0.3, -0.25) is 0 Å². The highest BCUT2D eigenvalue weighted by molar-refractivity contribution is 5.95. The number of hydrogen-bond donors (Lipinski definition) is 0. The molecular weight excluding hydrogens is 348 g/mol. The number of benzene rings is 3. The fourth-order valence-corrected chi connectivity index (χ4v) is 4.35. The average Bonchev–Trinajstić information content (AvgIpc) is 3.15. The molecule has 3 atom stereocenters. The molecule has 0 saturated carbocycles. The maximum absolute atomic E-state index is 12.9. The van der Waals surface area contributed by atoms with Crippen LogP contribution in [0.1, 0.15) is 45.7 Å². The Morgan fingerprint density at radius 3 is 2.29 bits per heavy atom. The van der Waals surface area contributed by atoms with E-state index in [0.29, 0.717) is 12.0 Å². The molecule has 3 aromatic rings. The molecule has 0 bridgehead atoms. The molecule has 1 saturated heterocycles. The molecule has 0 aliphatic carbocycles. The highest BCUT2D eigenvalue weighted by atomic mass is 16.6. The van der Waals surface area contributed by atoms with E-state index in [1.807, 2.05) is 66.7 Å². The Morgan fingerprint density at radius 2 is 1.54 bits per heavy atom. The third-order valence-corrected chi connectivity index (χ3v) is 5.75. The molecule has 2 aliphatic heterocycles. The van der Waals surface area contributed by atoms with E-state index in [4.69, 9.17) is 9.47 Å². The van der Waals surface area contributed by atoms with Crippen molar-refractivity contribution in [3.05, 3.63) is 114 Å². The summed E-state index contributed by atoms with van der Waals surface area (Å²) in [6, 6.07) is 27.5. The maximum atomic E-state index is 12.9. The van der Waals surface area contributed by atoms with Gasteiger partial charge in [0.25, 0.3) is 0 Å². The first-order valence-electron chi connectivity index (χ1n) is 9.46. The molecule has 138 valence electrons. The van der Waals surface area contributed by atoms with Crippen LogP contribution < -0.4 is 0 Å². The predicted molar refractivity (Wildman–Crippen MR) is 108 cm³/mol. The van der Waals surface area contributed by atoms with Crippen molar-refractivity contribution in [3.8, 4) is 0 Å². The van der Waals surface area contributed by atoms with Gasteiger partial charge in [-0.05, 0) is 28.3 Å². The molecule has 3 nitrogen and oxygen atoms in total. The summed E-state index contributed by atoms with van der Waals surface area (Å²) in [4.78, 5) is 12.9. The third kappa shape index (κ3) is 2.51. The van der Waals surface area contributed by atoms with Gasteiger partial charge in [0.2, 0.25) is 0 Å². The molecule has 0 N–H and O–H groups in total. The van der Waals surface area contributed by atoms with Crippen LogP contribution >= 0.6 is 0 Å². The van der Waals surface area contributed by atoms with Gasteiger partial charge in [0.1, 0.15) is 6.10 Å². The molecule has 5 rings (SSSR count). The summed E-state index contributed by atoms with van der Waals surface area (Å²) in [5.74, 6) is -0.318. The Hall–Kier alpha value is -3.17. The van der Waals surface area contributed by atoms with Gasteiger partial charge in [-0.15, -0.1) is 0 Å². The summed E-state index contributed by atoms with van der Waals surface area (Å²) in [6.45, 7) is 4.36. The minimum Gasteiger partial charge on any atom is -0.447 e. The van der Waals surface area contributed by atoms with Crippen LogP contribution in [0.4, 0.5) is 0 Å². The lowest BCUT2D eigenvalue weighted by Gasteiger charge is -2.39. The lowest BCUT2D eigenvalue weighted by molar-refractivity contribution is -0.0492. The summed E-state index contributed by atoms with van der Waals surface area (Å²) >= 11 is 0. The first-order valence-corrected chi connectivity index (χ1v) is 9.46. The number of carbonyl (C=O) groups is 1. The summed E-state index contributed by atoms with van der Waals surface area (Å²) < 4.78 is 12.7. The number of esters is 1. The predicted octanol–water partition coefficient (Wildman–Crippen LogP) is 5.51. The van der Waals surface area contributed by atoms with E-state index < -0.39 is 5.60 Å². The van der Waals surface area contributed by atoms with Gasteiger partial charge in [-0.2, -0.15) is 0 Å². The van der Waals surface area contributed by atoms with Crippen LogP contribution in [-0.2, 0) is 9.47 Å². The molecule has 2 aliphatic rings. The largest absolute Gasteiger partial charge is 0.447 e. The Bertz CT molecular complexity index is 1040. The molecule has 28 heavy (non-hydrogen) atoms. The summed E-state index contributed by atoms with van der Waals surface area (Å²) in [6.07, 6.45) is -0.0277. The van der Waals surface area contributed by atoms with E-state index in [-0.39, 0.29) is 18.2 Å². The van der Waals surface area contributed by atoms with E-state index in [9.17, 15) is 4.79 Å². The lowest BCUT2D eigenvalue weighted by Crippen LogP contribution is -2.43. The summed E-state index contributed by atoms with van der Waals surface area (Å²) in [5.41, 5.74) is 3.32. The normalized spacial score (nSPS) is 25.5. The highest BCUT2D eigenvalue weighted by Gasteiger charge is 2.58. The highest BCUT2D eigenvalue weighted by Crippen LogP contribution is 2.57. The van der Waals surface area contributed by atoms with Gasteiger partial charge >= 0.3 is 5.97 Å². The smallest absolute Gasteiger partial charge is 0.339 e. The molecule has 3 unspecified atom stereocenters. The maximum Gasteiger partial charge on any atom is 0.339 e. The van der Waals surface area contributed by atoms with Gasteiger partial charge in [0.05, 0.1) is 11.7 Å². The van der Waals surface area contributed by atoms with Crippen LogP contribution in [0.2, 0.25) is 0 Å². The van der Waals surface area contributed by atoms with Gasteiger partial charge < -0.3 is 9.47 Å². The average molecular weight is 368 g/mol. The number of carbonyl (C=O) groups excluding carboxylic acids is 1. The number of fused-ring (bicyclic) bond motifs is 3. The molecule has 2 heterocycles. The fourth-order valence-electron chi connectivity index (χ4n) is 4.35. The van der Waals surface area contributed by atoms with Gasteiger partial charge in [-0.1, -0.05) is 85.4 Å². The van der Waals surface area contributed by atoms with Crippen molar-refractivity contribution >= 4 is 11.5 Å². The second-order valence-corrected chi connectivity index (χ2v) is 7.33. The molecule has 0 radical (unpaired) electrons. The number of rotatable bonds is 3. The van der Waals surface area contributed by atoms with Crippen molar-refractivity contribution in [3.63, 3.8) is 0 Å². The van der Waals surface area contributed by atoms with Crippen LogP contribution in [-0.4, -0.2) is 11.6 Å². The zero-order chi connectivity index (χ0) is 19.1. The van der Waals surface area contributed by atoms with E-state index in [1.165, 1.54) is 0 Å². The Labute approximate surface area is 164 Å². The zero-order valence-corrected chi connectivity index (χ0v) is 15.4. The summed E-state index contributed by atoms with van der Waals surface area (Å²) in [5, 5.41) is 0. The number of hydrogen-bond acceptors (Lipinski definition) is 3. The van der Waals surface area contributed by atoms with E-state index in [1.54, 1.807) is 6.07 Å². The van der Waals surface area contributed by atoms with Crippen LogP contribution in [0.25, 0.3) is 5.57 Å². The second kappa shape index (κ2) is 6.47. The Morgan fingerprint density at radius 1 is 0.893 bits per heavy atom. The van der Waals surface area contributed by atoms with Crippen molar-refractivity contribution < 1.29 is 14.3 Å². The van der Waals surface area contributed by atoms with E-state index in [0.717, 1.165) is 22.3 Å². The van der Waals surface area contributed by atoms with Gasteiger partial charge in [-0.25, -0.2) is 4.79 Å². The van der Waals surface area contributed by atoms with Crippen LogP contribution in [0.3, 0.4) is 0 Å². The quantitative estimate of drug-likeness (QED) is 0.572. The van der Waals surface area contributed by atoms with Crippen molar-refractivity contribution in [1.82, 2.24) is 0 Å². The Balaban J connectivity index is 1.65. The molecule has 0 spiro atoms. The fraction of sp³-hybridized carbons (Fsp3) is 0.160. The van der Waals surface area contributed by atoms with Crippen molar-refractivity contribution in [2.45, 2.75) is 24.2 Å². The van der Waals surface area contributed by atoms with Crippen molar-refractivity contribution in [1.29, 1.82) is 0 Å². The molecule has 0 amide bonds.